The van der Waals surface area contributed by atoms with E-state index in [4.69, 9.17) is 5.73 Å². The van der Waals surface area contributed by atoms with Crippen molar-refractivity contribution in [2.75, 3.05) is 12.3 Å². The van der Waals surface area contributed by atoms with Crippen LogP contribution in [-0.4, -0.2) is 26.2 Å². The number of nitrogens with two attached hydrogens (primary N) is 1. The maximum Gasteiger partial charge on any atom is 0.242 e. The third-order valence-electron chi connectivity index (χ3n) is 4.12. The molecule has 2 unspecified atom stereocenters. The third kappa shape index (κ3) is 2.97. The first-order valence-corrected chi connectivity index (χ1v) is 8.33. The van der Waals surface area contributed by atoms with Crippen LogP contribution in [0.25, 0.3) is 0 Å². The largest absolute Gasteiger partial charge is 0.398 e. The van der Waals surface area contributed by atoms with Crippen LogP contribution in [-0.2, 0) is 10.0 Å². The van der Waals surface area contributed by atoms with Gasteiger partial charge >= 0.3 is 0 Å². The zero-order chi connectivity index (χ0) is 14.9. The van der Waals surface area contributed by atoms with Crippen molar-refractivity contribution in [1.82, 2.24) is 4.72 Å². The summed E-state index contributed by atoms with van der Waals surface area (Å²) in [6.07, 6.45) is 2.54. The Bertz CT molecular complexity index is 599. The average Bonchev–Trinajstić information content (AvgIpc) is 2.80. The van der Waals surface area contributed by atoms with E-state index in [1.807, 2.05) is 13.8 Å². The van der Waals surface area contributed by atoms with Gasteiger partial charge in [-0.3, -0.25) is 0 Å². The molecule has 6 heteroatoms. The van der Waals surface area contributed by atoms with Crippen LogP contribution in [0.1, 0.15) is 30.4 Å². The number of anilines is 1. The smallest absolute Gasteiger partial charge is 0.242 e. The molecule has 5 nitrogen and oxygen atoms in total. The zero-order valence-corrected chi connectivity index (χ0v) is 12.7. The van der Waals surface area contributed by atoms with Gasteiger partial charge in [-0.2, -0.15) is 0 Å². The summed E-state index contributed by atoms with van der Waals surface area (Å²) in [5.74, 6) is -0.00227. The molecule has 1 saturated carbocycles. The Hall–Kier alpha value is -1.11. The fraction of sp³-hybridized carbons (Fsp3) is 0.571. The number of sulfonamides is 1. The van der Waals surface area contributed by atoms with Crippen molar-refractivity contribution in [3.63, 3.8) is 0 Å². The highest BCUT2D eigenvalue weighted by molar-refractivity contribution is 7.89. The summed E-state index contributed by atoms with van der Waals surface area (Å²) in [5, 5.41) is 9.28. The van der Waals surface area contributed by atoms with E-state index in [1.165, 1.54) is 0 Å². The lowest BCUT2D eigenvalue weighted by molar-refractivity contribution is 0.213. The molecule has 2 atom stereocenters. The van der Waals surface area contributed by atoms with Crippen LogP contribution in [0.3, 0.4) is 0 Å². The molecule has 0 radical (unpaired) electrons. The monoisotopic (exact) mass is 298 g/mol. The van der Waals surface area contributed by atoms with Crippen LogP contribution in [0.5, 0.6) is 0 Å². The summed E-state index contributed by atoms with van der Waals surface area (Å²) in [4.78, 5) is 0.129. The van der Waals surface area contributed by atoms with Gasteiger partial charge in [0.2, 0.25) is 10.0 Å². The first-order valence-electron chi connectivity index (χ1n) is 6.85. The molecule has 1 aliphatic carbocycles. The van der Waals surface area contributed by atoms with E-state index in [0.29, 0.717) is 0 Å². The van der Waals surface area contributed by atoms with Gasteiger partial charge in [-0.1, -0.05) is 6.42 Å². The molecular formula is C14H22N2O3S. The van der Waals surface area contributed by atoms with Gasteiger partial charge in [-0.25, -0.2) is 13.1 Å². The van der Waals surface area contributed by atoms with Gasteiger partial charge in [0, 0.05) is 12.6 Å². The maximum atomic E-state index is 12.5. The molecule has 0 saturated heterocycles. The number of aryl methyl sites for hydroxylation is 2. The molecule has 0 aromatic heterocycles. The van der Waals surface area contributed by atoms with E-state index in [9.17, 15) is 13.5 Å². The molecule has 1 aromatic rings. The second-order valence-electron chi connectivity index (χ2n) is 5.58. The van der Waals surface area contributed by atoms with E-state index in [0.717, 1.165) is 30.4 Å². The molecule has 1 fully saturated rings. The fourth-order valence-electron chi connectivity index (χ4n) is 2.72. The van der Waals surface area contributed by atoms with Crippen LogP contribution in [0.4, 0.5) is 5.69 Å². The second kappa shape index (κ2) is 5.71. The van der Waals surface area contributed by atoms with E-state index < -0.39 is 10.0 Å². The van der Waals surface area contributed by atoms with Crippen molar-refractivity contribution >= 4 is 15.7 Å². The number of hydrogen-bond donors (Lipinski definition) is 3. The number of aliphatic hydroxyl groups is 1. The fourth-order valence-corrected chi connectivity index (χ4v) is 4.26. The van der Waals surface area contributed by atoms with Gasteiger partial charge in [-0.15, -0.1) is 0 Å². The normalized spacial score (nSPS) is 23.1. The molecule has 1 aromatic carbocycles. The van der Waals surface area contributed by atoms with Gasteiger partial charge in [-0.05, 0) is 55.9 Å². The van der Waals surface area contributed by atoms with Crippen molar-refractivity contribution < 1.29 is 13.5 Å². The molecule has 2 rings (SSSR count). The van der Waals surface area contributed by atoms with Crippen LogP contribution in [0.2, 0.25) is 0 Å². The van der Waals surface area contributed by atoms with Crippen LogP contribution in [0, 0.1) is 19.8 Å². The maximum absolute atomic E-state index is 12.5. The first kappa shape index (κ1) is 15.3. The number of nitrogen functional groups attached to an aromatic ring is 1. The predicted octanol–water partition coefficient (Wildman–Crippen LogP) is 1.32. The van der Waals surface area contributed by atoms with Crippen molar-refractivity contribution in [3.05, 3.63) is 23.3 Å². The van der Waals surface area contributed by atoms with Crippen LogP contribution >= 0.6 is 0 Å². The van der Waals surface area contributed by atoms with Crippen molar-refractivity contribution in [2.24, 2.45) is 5.92 Å². The molecule has 1 aliphatic rings. The van der Waals surface area contributed by atoms with Gasteiger partial charge in [0.15, 0.2) is 0 Å². The highest BCUT2D eigenvalue weighted by atomic mass is 32.2. The highest BCUT2D eigenvalue weighted by Crippen LogP contribution is 2.28. The molecule has 0 spiro atoms. The SMILES string of the molecule is Cc1cc(N)c(S(=O)(=O)NC2CCCC2CO)cc1C. The molecule has 0 aliphatic heterocycles. The van der Waals surface area contributed by atoms with E-state index in [-0.39, 0.29) is 29.1 Å². The number of aliphatic hydroxyl groups excluding tert-OH is 1. The van der Waals surface area contributed by atoms with E-state index in [1.54, 1.807) is 12.1 Å². The summed E-state index contributed by atoms with van der Waals surface area (Å²) >= 11 is 0. The van der Waals surface area contributed by atoms with Gasteiger partial charge in [0.05, 0.1) is 5.69 Å². The molecule has 112 valence electrons. The van der Waals surface area contributed by atoms with Crippen molar-refractivity contribution in [3.8, 4) is 0 Å². The summed E-state index contributed by atoms with van der Waals surface area (Å²) < 4.78 is 27.6. The minimum Gasteiger partial charge on any atom is -0.398 e. The van der Waals surface area contributed by atoms with Crippen molar-refractivity contribution in [2.45, 2.75) is 44.0 Å². The number of benzene rings is 1. The Labute approximate surface area is 120 Å². The molecule has 4 N–H and O–H groups in total. The van der Waals surface area contributed by atoms with Gasteiger partial charge in [0.1, 0.15) is 4.90 Å². The summed E-state index contributed by atoms with van der Waals surface area (Å²) in [6.45, 7) is 3.77. The van der Waals surface area contributed by atoms with Crippen LogP contribution < -0.4 is 10.5 Å². The Kier molecular flexibility index (Phi) is 4.36. The Balaban J connectivity index is 2.29. The second-order valence-corrected chi connectivity index (χ2v) is 7.26. The molecule has 0 bridgehead atoms. The van der Waals surface area contributed by atoms with Gasteiger partial charge in [0.25, 0.3) is 0 Å². The standard InChI is InChI=1S/C14H22N2O3S/c1-9-6-12(15)14(7-10(9)2)20(18,19)16-13-5-3-4-11(13)8-17/h6-7,11,13,16-17H,3-5,8,15H2,1-2H3. The van der Waals surface area contributed by atoms with Crippen LogP contribution in [0.15, 0.2) is 17.0 Å². The molecular weight excluding hydrogens is 276 g/mol. The summed E-state index contributed by atoms with van der Waals surface area (Å²) in [7, 11) is -3.64. The van der Waals surface area contributed by atoms with E-state index in [2.05, 4.69) is 4.72 Å². The summed E-state index contributed by atoms with van der Waals surface area (Å²) in [5.41, 5.74) is 7.97. The number of nitrogens with one attached hydrogen (secondary N) is 1. The number of rotatable bonds is 4. The van der Waals surface area contributed by atoms with E-state index >= 15 is 0 Å². The Morgan fingerprint density at radius 3 is 2.60 bits per heavy atom. The molecule has 20 heavy (non-hydrogen) atoms. The lowest BCUT2D eigenvalue weighted by atomic mass is 10.1. The summed E-state index contributed by atoms with van der Waals surface area (Å²) in [6, 6.07) is 3.09. The first-order chi connectivity index (χ1) is 9.35. The highest BCUT2D eigenvalue weighted by Gasteiger charge is 2.31. The average molecular weight is 298 g/mol. The lowest BCUT2D eigenvalue weighted by Gasteiger charge is -2.20. The minimum absolute atomic E-state index is 0.00227. The lowest BCUT2D eigenvalue weighted by Crippen LogP contribution is -2.38. The molecule has 0 amide bonds. The Morgan fingerprint density at radius 1 is 1.30 bits per heavy atom. The van der Waals surface area contributed by atoms with Gasteiger partial charge < -0.3 is 10.8 Å². The Morgan fingerprint density at radius 2 is 1.95 bits per heavy atom. The topological polar surface area (TPSA) is 92.4 Å². The predicted molar refractivity (Wildman–Crippen MR) is 78.9 cm³/mol. The number of hydrogen-bond acceptors (Lipinski definition) is 4. The minimum atomic E-state index is -3.64. The molecule has 0 heterocycles. The zero-order valence-electron chi connectivity index (χ0n) is 11.9. The third-order valence-corrected chi connectivity index (χ3v) is 5.66. The quantitative estimate of drug-likeness (QED) is 0.731. The van der Waals surface area contributed by atoms with Crippen molar-refractivity contribution in [1.29, 1.82) is 0 Å².